The highest BCUT2D eigenvalue weighted by molar-refractivity contribution is 7.89. The van der Waals surface area contributed by atoms with E-state index in [-0.39, 0.29) is 21.9 Å². The van der Waals surface area contributed by atoms with E-state index in [4.69, 9.17) is 0 Å². The van der Waals surface area contributed by atoms with Gasteiger partial charge in [0.15, 0.2) is 0 Å². The van der Waals surface area contributed by atoms with Gasteiger partial charge in [0.1, 0.15) is 16.6 Å². The molecule has 0 unspecified atom stereocenters. The molecule has 2 fully saturated rings. The predicted molar refractivity (Wildman–Crippen MR) is 114 cm³/mol. The Morgan fingerprint density at radius 3 is 2.45 bits per heavy atom. The summed E-state index contributed by atoms with van der Waals surface area (Å²) in [5.41, 5.74) is -0.373. The maximum absolute atomic E-state index is 13.3. The molecule has 0 saturated heterocycles. The Bertz CT molecular complexity index is 1400. The van der Waals surface area contributed by atoms with E-state index in [1.807, 2.05) is 13.0 Å². The molecule has 3 heterocycles. The van der Waals surface area contributed by atoms with Gasteiger partial charge in [0.2, 0.25) is 10.0 Å². The van der Waals surface area contributed by atoms with Crippen LogP contribution < -0.4 is 4.72 Å². The molecule has 0 bridgehead atoms. The Morgan fingerprint density at radius 2 is 1.94 bits per heavy atom. The standard InChI is InChI=1S/C22H20F3N5O2S/c1-21(7-8-21)29-33(31,32)15-5-6-18(27-12-15)19-17(10-26)16-9-13(22(23,24)25)11-28-20(16)30(19)14-3-2-4-14/h5-6,9,11-12,14,29H,2-4,7-8H2,1H3. The molecule has 0 radical (unpaired) electrons. The number of alkyl halides is 3. The van der Waals surface area contributed by atoms with Crippen LogP contribution in [0.25, 0.3) is 22.4 Å². The van der Waals surface area contributed by atoms with Crippen molar-refractivity contribution < 1.29 is 21.6 Å². The molecule has 11 heteroatoms. The summed E-state index contributed by atoms with van der Waals surface area (Å²) >= 11 is 0. The molecular weight excluding hydrogens is 455 g/mol. The van der Waals surface area contributed by atoms with E-state index >= 15 is 0 Å². The highest BCUT2D eigenvalue weighted by Gasteiger charge is 2.41. The molecule has 2 saturated carbocycles. The molecule has 0 aliphatic heterocycles. The van der Waals surface area contributed by atoms with Gasteiger partial charge in [-0.1, -0.05) is 0 Å². The Kier molecular flexibility index (Phi) is 4.81. The molecule has 7 nitrogen and oxygen atoms in total. The topological polar surface area (TPSA) is 101 Å². The molecule has 2 aliphatic rings. The van der Waals surface area contributed by atoms with Crippen LogP contribution in [0.1, 0.15) is 56.2 Å². The minimum absolute atomic E-state index is 0.0123. The van der Waals surface area contributed by atoms with Crippen molar-refractivity contribution in [1.82, 2.24) is 19.3 Å². The molecule has 1 N–H and O–H groups in total. The summed E-state index contributed by atoms with van der Waals surface area (Å²) in [5, 5.41) is 9.98. The molecule has 3 aromatic heterocycles. The van der Waals surface area contributed by atoms with E-state index in [9.17, 15) is 26.9 Å². The molecule has 3 aromatic rings. The van der Waals surface area contributed by atoms with Crippen molar-refractivity contribution in [3.63, 3.8) is 0 Å². The van der Waals surface area contributed by atoms with Gasteiger partial charge in [-0.25, -0.2) is 18.1 Å². The van der Waals surface area contributed by atoms with Gasteiger partial charge in [-0.2, -0.15) is 18.4 Å². The number of sulfonamides is 1. The van der Waals surface area contributed by atoms with E-state index < -0.39 is 27.3 Å². The van der Waals surface area contributed by atoms with Crippen LogP contribution in [0.5, 0.6) is 0 Å². The summed E-state index contributed by atoms with van der Waals surface area (Å²) in [7, 11) is -3.76. The minimum Gasteiger partial charge on any atom is -0.320 e. The van der Waals surface area contributed by atoms with Crippen LogP contribution in [0, 0.1) is 11.3 Å². The van der Waals surface area contributed by atoms with Crippen LogP contribution >= 0.6 is 0 Å². The van der Waals surface area contributed by atoms with Crippen molar-refractivity contribution in [3.05, 3.63) is 41.7 Å². The first-order valence-corrected chi connectivity index (χ1v) is 12.0. The number of rotatable bonds is 5. The Labute approximate surface area is 188 Å². The Morgan fingerprint density at radius 1 is 1.21 bits per heavy atom. The lowest BCUT2D eigenvalue weighted by Gasteiger charge is -2.29. The van der Waals surface area contributed by atoms with Crippen molar-refractivity contribution in [2.45, 2.75) is 61.7 Å². The number of pyridine rings is 2. The van der Waals surface area contributed by atoms with Crippen molar-refractivity contribution in [2.75, 3.05) is 0 Å². The lowest BCUT2D eigenvalue weighted by Crippen LogP contribution is -2.34. The highest BCUT2D eigenvalue weighted by atomic mass is 32.2. The van der Waals surface area contributed by atoms with E-state index in [2.05, 4.69) is 14.7 Å². The number of hydrogen-bond acceptors (Lipinski definition) is 5. The summed E-state index contributed by atoms with van der Waals surface area (Å²) in [6.07, 6.45) is 1.49. The maximum atomic E-state index is 13.3. The molecule has 2 aliphatic carbocycles. The van der Waals surface area contributed by atoms with Crippen molar-refractivity contribution in [1.29, 1.82) is 5.26 Å². The van der Waals surface area contributed by atoms with E-state index in [0.29, 0.717) is 17.0 Å². The van der Waals surface area contributed by atoms with Gasteiger partial charge in [-0.05, 0) is 57.2 Å². The second-order valence-electron chi connectivity index (χ2n) is 8.93. The fourth-order valence-electron chi connectivity index (χ4n) is 4.06. The van der Waals surface area contributed by atoms with Gasteiger partial charge < -0.3 is 4.57 Å². The number of nitrogens with one attached hydrogen (secondary N) is 1. The second kappa shape index (κ2) is 7.27. The SMILES string of the molecule is CC1(NS(=O)(=O)c2ccc(-c3c(C#N)c4cc(C(F)(F)F)cnc4n3C3CCC3)nc2)CC1. The average Bonchev–Trinajstić information content (AvgIpc) is 3.34. The van der Waals surface area contributed by atoms with Crippen LogP contribution in [-0.4, -0.2) is 28.5 Å². The first-order valence-electron chi connectivity index (χ1n) is 10.5. The fraction of sp³-hybridized carbons (Fsp3) is 0.409. The van der Waals surface area contributed by atoms with Gasteiger partial charge in [-0.15, -0.1) is 0 Å². The third kappa shape index (κ3) is 3.77. The first kappa shape index (κ1) is 21.9. The summed E-state index contributed by atoms with van der Waals surface area (Å²) in [5.74, 6) is 0. The number of fused-ring (bicyclic) bond motifs is 1. The molecule has 0 spiro atoms. The van der Waals surface area contributed by atoms with Gasteiger partial charge >= 0.3 is 6.18 Å². The predicted octanol–water partition coefficient (Wildman–Crippen LogP) is 4.54. The largest absolute Gasteiger partial charge is 0.417 e. The zero-order valence-corrected chi connectivity index (χ0v) is 18.5. The zero-order chi connectivity index (χ0) is 23.6. The van der Waals surface area contributed by atoms with Crippen molar-refractivity contribution in [2.24, 2.45) is 0 Å². The van der Waals surface area contributed by atoms with Crippen LogP contribution in [-0.2, 0) is 16.2 Å². The van der Waals surface area contributed by atoms with E-state index in [1.54, 1.807) is 4.57 Å². The van der Waals surface area contributed by atoms with Gasteiger partial charge in [0.25, 0.3) is 0 Å². The number of nitriles is 1. The van der Waals surface area contributed by atoms with Gasteiger partial charge in [0, 0.05) is 29.4 Å². The zero-order valence-electron chi connectivity index (χ0n) is 17.6. The smallest absolute Gasteiger partial charge is 0.320 e. The van der Waals surface area contributed by atoms with Crippen molar-refractivity contribution >= 4 is 21.1 Å². The summed E-state index contributed by atoms with van der Waals surface area (Å²) in [6.45, 7) is 1.82. The van der Waals surface area contributed by atoms with Gasteiger partial charge in [-0.3, -0.25) is 4.98 Å². The number of halogens is 3. The minimum atomic E-state index is -4.59. The fourth-order valence-corrected chi connectivity index (χ4v) is 5.47. The summed E-state index contributed by atoms with van der Waals surface area (Å²) in [4.78, 5) is 8.36. The monoisotopic (exact) mass is 475 g/mol. The highest BCUT2D eigenvalue weighted by Crippen LogP contribution is 2.43. The number of hydrogen-bond donors (Lipinski definition) is 1. The molecule has 172 valence electrons. The van der Waals surface area contributed by atoms with Crippen molar-refractivity contribution in [3.8, 4) is 17.5 Å². The summed E-state index contributed by atoms with van der Waals surface area (Å²) < 4.78 is 69.6. The molecule has 33 heavy (non-hydrogen) atoms. The molecule has 0 atom stereocenters. The van der Waals surface area contributed by atoms with Crippen LogP contribution in [0.3, 0.4) is 0 Å². The lowest BCUT2D eigenvalue weighted by molar-refractivity contribution is -0.137. The maximum Gasteiger partial charge on any atom is 0.417 e. The van der Waals surface area contributed by atoms with Crippen LogP contribution in [0.4, 0.5) is 13.2 Å². The molecule has 0 amide bonds. The normalized spacial score (nSPS) is 18.2. The van der Waals surface area contributed by atoms with Crippen LogP contribution in [0.2, 0.25) is 0 Å². The number of aromatic nitrogens is 3. The number of nitrogens with zero attached hydrogens (tertiary/aromatic N) is 4. The first-order chi connectivity index (χ1) is 15.5. The molecule has 5 rings (SSSR count). The third-order valence-corrected chi connectivity index (χ3v) is 8.01. The Balaban J connectivity index is 1.65. The Hall–Kier alpha value is -2.97. The van der Waals surface area contributed by atoms with Crippen LogP contribution in [0.15, 0.2) is 35.5 Å². The van der Waals surface area contributed by atoms with E-state index in [0.717, 1.165) is 44.4 Å². The van der Waals surface area contributed by atoms with Gasteiger partial charge in [0.05, 0.1) is 22.5 Å². The summed E-state index contributed by atoms with van der Waals surface area (Å²) in [6, 6.07) is 5.83. The average molecular weight is 475 g/mol. The molecular formula is C22H20F3N5O2S. The third-order valence-electron chi connectivity index (χ3n) is 6.39. The van der Waals surface area contributed by atoms with E-state index in [1.165, 1.54) is 18.3 Å². The lowest BCUT2D eigenvalue weighted by atomic mass is 9.92. The molecule has 0 aromatic carbocycles. The second-order valence-corrected chi connectivity index (χ2v) is 10.6. The quantitative estimate of drug-likeness (QED) is 0.584.